The topological polar surface area (TPSA) is 56.6 Å². The summed E-state index contributed by atoms with van der Waals surface area (Å²) >= 11 is 1.45. The number of rotatable bonds is 7. The molecule has 0 atom stereocenters. The summed E-state index contributed by atoms with van der Waals surface area (Å²) in [6.07, 6.45) is 8.04. The number of hydrogen-bond donors (Lipinski definition) is 0. The molecule has 1 aliphatic heterocycles. The molecule has 2 aromatic heterocycles. The fraction of sp³-hybridized carbons (Fsp3) is 0.364. The van der Waals surface area contributed by atoms with Crippen LogP contribution in [0, 0.1) is 0 Å². The Labute approximate surface area is 174 Å². The zero-order chi connectivity index (χ0) is 20.2. The predicted molar refractivity (Wildman–Crippen MR) is 118 cm³/mol. The van der Waals surface area contributed by atoms with Gasteiger partial charge in [0.05, 0.1) is 18.3 Å². The first kappa shape index (κ1) is 19.7. The minimum absolute atomic E-state index is 0.0829. The molecule has 1 fully saturated rings. The molecule has 3 heterocycles. The van der Waals surface area contributed by atoms with Gasteiger partial charge in [-0.1, -0.05) is 6.08 Å². The number of fused-ring (bicyclic) bond motifs is 1. The molecule has 152 valence electrons. The highest BCUT2D eigenvalue weighted by molar-refractivity contribution is 7.19. The molecular formula is C22H25N3O3S. The van der Waals surface area contributed by atoms with Gasteiger partial charge in [0, 0.05) is 17.5 Å². The molecular weight excluding hydrogens is 386 g/mol. The largest absolute Gasteiger partial charge is 0.493 e. The lowest BCUT2D eigenvalue weighted by atomic mass is 10.2. The zero-order valence-corrected chi connectivity index (χ0v) is 17.6. The van der Waals surface area contributed by atoms with Crippen molar-refractivity contribution in [3.05, 3.63) is 51.9 Å². The van der Waals surface area contributed by atoms with Crippen LogP contribution in [-0.4, -0.2) is 47.8 Å². The Bertz CT molecular complexity index is 1080. The molecule has 6 nitrogen and oxygen atoms in total. The summed E-state index contributed by atoms with van der Waals surface area (Å²) in [4.78, 5) is 20.9. The summed E-state index contributed by atoms with van der Waals surface area (Å²) < 4.78 is 13.6. The third-order valence-electron chi connectivity index (χ3n) is 5.08. The first-order chi connectivity index (χ1) is 14.2. The molecule has 0 saturated carbocycles. The number of allylic oxidation sites excluding steroid dienone is 1. The number of aromatic nitrogens is 2. The van der Waals surface area contributed by atoms with E-state index < -0.39 is 0 Å². The van der Waals surface area contributed by atoms with Crippen LogP contribution in [0.25, 0.3) is 22.0 Å². The van der Waals surface area contributed by atoms with E-state index in [1.54, 1.807) is 18.0 Å². The van der Waals surface area contributed by atoms with Crippen molar-refractivity contribution in [1.82, 2.24) is 14.5 Å². The van der Waals surface area contributed by atoms with E-state index in [4.69, 9.17) is 9.47 Å². The van der Waals surface area contributed by atoms with Gasteiger partial charge in [-0.25, -0.2) is 4.98 Å². The first-order valence-corrected chi connectivity index (χ1v) is 10.7. The second-order valence-electron chi connectivity index (χ2n) is 7.02. The Kier molecular flexibility index (Phi) is 5.97. The van der Waals surface area contributed by atoms with Crippen molar-refractivity contribution < 1.29 is 9.47 Å². The number of thiophene rings is 1. The number of methoxy groups -OCH3 is 1. The number of likely N-dealkylation sites (tertiary alicyclic amines) is 1. The average Bonchev–Trinajstić information content (AvgIpc) is 3.39. The number of nitrogens with zero attached hydrogens (tertiary/aromatic N) is 3. The van der Waals surface area contributed by atoms with Gasteiger partial charge < -0.3 is 9.47 Å². The normalized spacial score (nSPS) is 14.8. The molecule has 0 spiro atoms. The summed E-state index contributed by atoms with van der Waals surface area (Å²) in [5.74, 6) is 1.29. The van der Waals surface area contributed by atoms with Crippen molar-refractivity contribution in [2.24, 2.45) is 0 Å². The highest BCUT2D eigenvalue weighted by Gasteiger charge is 2.14. The molecule has 3 aromatic rings. The maximum Gasteiger partial charge on any atom is 0.275 e. The minimum atomic E-state index is -0.0829. The zero-order valence-electron chi connectivity index (χ0n) is 16.8. The van der Waals surface area contributed by atoms with E-state index >= 15 is 0 Å². The van der Waals surface area contributed by atoms with Crippen molar-refractivity contribution in [3.8, 4) is 17.2 Å². The highest BCUT2D eigenvalue weighted by atomic mass is 32.1. The van der Waals surface area contributed by atoms with Gasteiger partial charge in [0.2, 0.25) is 0 Å². The maximum atomic E-state index is 13.0. The van der Waals surface area contributed by atoms with Gasteiger partial charge in [0.1, 0.15) is 17.6 Å². The second kappa shape index (κ2) is 8.80. The Morgan fingerprint density at radius 2 is 2.03 bits per heavy atom. The third-order valence-corrected chi connectivity index (χ3v) is 6.15. The molecule has 1 aliphatic rings. The lowest BCUT2D eigenvalue weighted by molar-refractivity contribution is 0.230. The van der Waals surface area contributed by atoms with Crippen LogP contribution in [0.4, 0.5) is 0 Å². The summed E-state index contributed by atoms with van der Waals surface area (Å²) in [6.45, 7) is 5.79. The molecule has 4 rings (SSSR count). The van der Waals surface area contributed by atoms with Gasteiger partial charge in [0.25, 0.3) is 5.56 Å². The summed E-state index contributed by atoms with van der Waals surface area (Å²) in [5.41, 5.74) is 1.34. The van der Waals surface area contributed by atoms with Crippen LogP contribution < -0.4 is 15.0 Å². The van der Waals surface area contributed by atoms with E-state index in [1.807, 2.05) is 43.3 Å². The number of benzene rings is 1. The molecule has 0 bridgehead atoms. The number of ether oxygens (including phenoxy) is 2. The van der Waals surface area contributed by atoms with Crippen molar-refractivity contribution >= 4 is 27.6 Å². The SMILES string of the molecule is C/C=C/c1cc2ncn(-c3ccc(OCCN4CCCC4)c(OC)c3)c(=O)c2s1. The predicted octanol–water partition coefficient (Wildman–Crippen LogP) is 3.96. The van der Waals surface area contributed by atoms with Gasteiger partial charge in [0.15, 0.2) is 11.5 Å². The van der Waals surface area contributed by atoms with E-state index in [0.29, 0.717) is 28.5 Å². The Balaban J connectivity index is 1.58. The maximum absolute atomic E-state index is 13.0. The number of hydrogen-bond acceptors (Lipinski definition) is 6. The smallest absolute Gasteiger partial charge is 0.275 e. The van der Waals surface area contributed by atoms with Gasteiger partial charge in [-0.2, -0.15) is 0 Å². The lowest BCUT2D eigenvalue weighted by Gasteiger charge is -2.17. The van der Waals surface area contributed by atoms with Crippen LogP contribution in [0.5, 0.6) is 11.5 Å². The lowest BCUT2D eigenvalue weighted by Crippen LogP contribution is -2.25. The molecule has 0 aliphatic carbocycles. The van der Waals surface area contributed by atoms with Crippen molar-refractivity contribution in [1.29, 1.82) is 0 Å². The minimum Gasteiger partial charge on any atom is -0.493 e. The monoisotopic (exact) mass is 411 g/mol. The van der Waals surface area contributed by atoms with Crippen molar-refractivity contribution in [2.45, 2.75) is 19.8 Å². The Hall–Kier alpha value is -2.64. The molecule has 1 aromatic carbocycles. The van der Waals surface area contributed by atoms with Crippen LogP contribution in [0.2, 0.25) is 0 Å². The van der Waals surface area contributed by atoms with Crippen LogP contribution in [0.3, 0.4) is 0 Å². The van der Waals surface area contributed by atoms with Crippen molar-refractivity contribution in [3.63, 3.8) is 0 Å². The summed E-state index contributed by atoms with van der Waals surface area (Å²) in [5, 5.41) is 0. The molecule has 29 heavy (non-hydrogen) atoms. The third kappa shape index (κ3) is 4.21. The van der Waals surface area contributed by atoms with E-state index in [-0.39, 0.29) is 5.56 Å². The fourth-order valence-electron chi connectivity index (χ4n) is 3.58. The van der Waals surface area contributed by atoms with Gasteiger partial charge in [-0.3, -0.25) is 14.3 Å². The first-order valence-electron chi connectivity index (χ1n) is 9.87. The van der Waals surface area contributed by atoms with Gasteiger partial charge in [-0.05, 0) is 57.1 Å². The summed E-state index contributed by atoms with van der Waals surface area (Å²) in [7, 11) is 1.61. The van der Waals surface area contributed by atoms with Crippen LogP contribution in [-0.2, 0) is 0 Å². The van der Waals surface area contributed by atoms with E-state index in [0.717, 1.165) is 30.0 Å². The standard InChI is InChI=1S/C22H25N3O3S/c1-3-6-17-14-18-21(29-17)22(26)25(15-23-18)16-7-8-19(20(13-16)27-2)28-12-11-24-9-4-5-10-24/h3,6-8,13-15H,4-5,9-12H2,1-2H3/b6-3+. The molecule has 0 amide bonds. The summed E-state index contributed by atoms with van der Waals surface area (Å²) in [6, 6.07) is 7.47. The molecule has 7 heteroatoms. The van der Waals surface area contributed by atoms with Crippen molar-refractivity contribution in [2.75, 3.05) is 33.4 Å². The Morgan fingerprint density at radius 3 is 2.79 bits per heavy atom. The highest BCUT2D eigenvalue weighted by Crippen LogP contribution is 2.30. The van der Waals surface area contributed by atoms with Crippen LogP contribution in [0.1, 0.15) is 24.6 Å². The molecule has 0 radical (unpaired) electrons. The van der Waals surface area contributed by atoms with E-state index in [1.165, 1.54) is 24.2 Å². The molecule has 0 N–H and O–H groups in total. The van der Waals surface area contributed by atoms with Gasteiger partial charge in [-0.15, -0.1) is 11.3 Å². The van der Waals surface area contributed by atoms with E-state index in [2.05, 4.69) is 9.88 Å². The van der Waals surface area contributed by atoms with Crippen LogP contribution >= 0.6 is 11.3 Å². The molecule has 0 unspecified atom stereocenters. The van der Waals surface area contributed by atoms with E-state index in [9.17, 15) is 4.79 Å². The fourth-order valence-corrected chi connectivity index (χ4v) is 4.59. The van der Waals surface area contributed by atoms with Gasteiger partial charge >= 0.3 is 0 Å². The second-order valence-corrected chi connectivity index (χ2v) is 8.10. The quantitative estimate of drug-likeness (QED) is 0.589. The molecule has 1 saturated heterocycles. The van der Waals surface area contributed by atoms with Crippen LogP contribution in [0.15, 0.2) is 41.5 Å². The average molecular weight is 412 g/mol. The Morgan fingerprint density at radius 1 is 1.21 bits per heavy atom.